The van der Waals surface area contributed by atoms with E-state index in [0.717, 1.165) is 25.2 Å². The van der Waals surface area contributed by atoms with Crippen molar-refractivity contribution in [3.63, 3.8) is 0 Å². The first kappa shape index (κ1) is 18.5. The lowest BCUT2D eigenvalue weighted by atomic mass is 9.80. The Morgan fingerprint density at radius 1 is 1.00 bits per heavy atom. The van der Waals surface area contributed by atoms with Crippen LogP contribution in [0.25, 0.3) is 0 Å². The molecule has 2 aliphatic heterocycles. The number of halogens is 1. The molecule has 2 aliphatic carbocycles. The van der Waals surface area contributed by atoms with Crippen molar-refractivity contribution in [2.75, 3.05) is 20.2 Å². The molecule has 2 heterocycles. The average Bonchev–Trinajstić information content (AvgIpc) is 3.16. The van der Waals surface area contributed by atoms with Crippen LogP contribution >= 0.6 is 11.6 Å². The van der Waals surface area contributed by atoms with E-state index in [-0.39, 0.29) is 17.8 Å². The zero-order chi connectivity index (χ0) is 17.2. The Bertz CT molecular complexity index is 434. The second-order valence-corrected chi connectivity index (χ2v) is 9.04. The van der Waals surface area contributed by atoms with Gasteiger partial charge in [-0.2, -0.15) is 0 Å². The van der Waals surface area contributed by atoms with Crippen LogP contribution in [-0.4, -0.2) is 61.1 Å². The number of hydrogen-bond acceptors (Lipinski definition) is 5. The van der Waals surface area contributed by atoms with Crippen molar-refractivity contribution in [1.82, 2.24) is 20.9 Å². The molecule has 5 nitrogen and oxygen atoms in total. The maximum Gasteiger partial charge on any atom is 0.113 e. The van der Waals surface area contributed by atoms with Crippen LogP contribution in [-0.2, 0) is 4.74 Å². The molecule has 6 heteroatoms. The minimum absolute atomic E-state index is 0.122. The van der Waals surface area contributed by atoms with E-state index in [1.54, 1.807) is 7.11 Å². The predicted molar refractivity (Wildman–Crippen MR) is 102 cm³/mol. The van der Waals surface area contributed by atoms with Crippen LogP contribution in [0.3, 0.4) is 0 Å². The zero-order valence-corrected chi connectivity index (χ0v) is 16.3. The van der Waals surface area contributed by atoms with E-state index >= 15 is 0 Å². The number of fused-ring (bicyclic) bond motifs is 1. The van der Waals surface area contributed by atoms with E-state index in [1.807, 2.05) is 0 Å². The summed E-state index contributed by atoms with van der Waals surface area (Å²) in [6.07, 6.45) is 12.3. The Morgan fingerprint density at radius 2 is 1.80 bits per heavy atom. The summed E-state index contributed by atoms with van der Waals surface area (Å²) in [6.45, 7) is 2.52. The summed E-state index contributed by atoms with van der Waals surface area (Å²) in [4.78, 5) is 2.70. The molecule has 4 aliphatic rings. The lowest BCUT2D eigenvalue weighted by molar-refractivity contribution is 0.0126. The van der Waals surface area contributed by atoms with Crippen LogP contribution in [0.5, 0.6) is 0 Å². The minimum atomic E-state index is 0.122. The van der Waals surface area contributed by atoms with Crippen molar-refractivity contribution in [1.29, 1.82) is 0 Å². The molecule has 7 unspecified atom stereocenters. The minimum Gasteiger partial charge on any atom is -0.380 e. The smallest absolute Gasteiger partial charge is 0.113 e. The molecule has 0 radical (unpaired) electrons. The predicted octanol–water partition coefficient (Wildman–Crippen LogP) is 2.21. The lowest BCUT2D eigenvalue weighted by Crippen LogP contribution is -2.72. The van der Waals surface area contributed by atoms with Gasteiger partial charge in [0.1, 0.15) is 6.29 Å². The molecule has 2 saturated heterocycles. The first-order chi connectivity index (χ1) is 12.2. The Morgan fingerprint density at radius 3 is 2.56 bits per heavy atom. The highest BCUT2D eigenvalue weighted by Crippen LogP contribution is 2.33. The van der Waals surface area contributed by atoms with Gasteiger partial charge in [-0.25, -0.2) is 0 Å². The largest absolute Gasteiger partial charge is 0.380 e. The topological polar surface area (TPSA) is 48.6 Å². The highest BCUT2D eigenvalue weighted by Gasteiger charge is 2.42. The highest BCUT2D eigenvalue weighted by molar-refractivity contribution is 6.21. The molecule has 0 spiro atoms. The van der Waals surface area contributed by atoms with Crippen molar-refractivity contribution >= 4 is 11.6 Å². The average molecular weight is 371 g/mol. The van der Waals surface area contributed by atoms with Crippen LogP contribution in [0.4, 0.5) is 0 Å². The van der Waals surface area contributed by atoms with Gasteiger partial charge in [-0.1, -0.05) is 12.8 Å². The molecule has 0 bridgehead atoms. The van der Waals surface area contributed by atoms with Gasteiger partial charge in [-0.15, -0.1) is 11.6 Å². The van der Waals surface area contributed by atoms with Gasteiger partial charge >= 0.3 is 0 Å². The van der Waals surface area contributed by atoms with Crippen molar-refractivity contribution in [2.24, 2.45) is 5.92 Å². The molecule has 0 aromatic carbocycles. The van der Waals surface area contributed by atoms with E-state index < -0.39 is 0 Å². The van der Waals surface area contributed by atoms with Gasteiger partial charge < -0.3 is 4.74 Å². The summed E-state index contributed by atoms with van der Waals surface area (Å²) in [5.74, 6) is 0.759. The fourth-order valence-corrected chi connectivity index (χ4v) is 5.98. The second-order valence-electron chi connectivity index (χ2n) is 8.48. The van der Waals surface area contributed by atoms with Gasteiger partial charge in [0.05, 0.1) is 17.6 Å². The quantitative estimate of drug-likeness (QED) is 0.662. The summed E-state index contributed by atoms with van der Waals surface area (Å²) < 4.78 is 5.50. The molecule has 7 atom stereocenters. The van der Waals surface area contributed by atoms with Crippen LogP contribution in [0.2, 0.25) is 0 Å². The van der Waals surface area contributed by atoms with Crippen LogP contribution in [0, 0.1) is 5.92 Å². The summed E-state index contributed by atoms with van der Waals surface area (Å²) in [5, 5.41) is 11.7. The molecule has 0 amide bonds. The maximum atomic E-state index is 6.52. The number of nitrogens with zero attached hydrogens (tertiary/aromatic N) is 1. The molecule has 2 saturated carbocycles. The monoisotopic (exact) mass is 370 g/mol. The molecular weight excluding hydrogens is 336 g/mol. The van der Waals surface area contributed by atoms with E-state index in [4.69, 9.17) is 16.3 Å². The Balaban J connectivity index is 1.38. The SMILES string of the molecule is COC1CCC(NC2NC3CCCCC3C(N3CCCC3)N2)CC1Cl. The molecule has 4 fully saturated rings. The number of methoxy groups -OCH3 is 1. The van der Waals surface area contributed by atoms with E-state index in [1.165, 1.54) is 51.6 Å². The standard InChI is InChI=1S/C19H35ClN4O/c1-25-17-9-8-13(12-15(17)20)21-19-22-16-7-3-2-6-14(16)18(23-19)24-10-4-5-11-24/h13-19,21-23H,2-12H2,1H3. The Hall–Kier alpha value is 0.0900. The second kappa shape index (κ2) is 8.41. The number of hydrogen-bond donors (Lipinski definition) is 3. The number of ether oxygens (including phenoxy) is 1. The van der Waals surface area contributed by atoms with Crippen molar-refractivity contribution < 1.29 is 4.74 Å². The van der Waals surface area contributed by atoms with Gasteiger partial charge in [0.25, 0.3) is 0 Å². The molecule has 25 heavy (non-hydrogen) atoms. The Labute approximate surface area is 157 Å². The van der Waals surface area contributed by atoms with Crippen molar-refractivity contribution in [2.45, 2.75) is 93.8 Å². The molecule has 3 N–H and O–H groups in total. The Kier molecular flexibility index (Phi) is 6.20. The first-order valence-corrected chi connectivity index (χ1v) is 10.9. The van der Waals surface area contributed by atoms with E-state index in [9.17, 15) is 0 Å². The van der Waals surface area contributed by atoms with Crippen LogP contribution in [0.1, 0.15) is 57.8 Å². The molecule has 0 aromatic heterocycles. The van der Waals surface area contributed by atoms with Gasteiger partial charge in [0.15, 0.2) is 0 Å². The van der Waals surface area contributed by atoms with Gasteiger partial charge in [-0.3, -0.25) is 20.9 Å². The van der Waals surface area contributed by atoms with Crippen molar-refractivity contribution in [3.8, 4) is 0 Å². The van der Waals surface area contributed by atoms with Gasteiger partial charge in [-0.05, 0) is 58.0 Å². The summed E-state index contributed by atoms with van der Waals surface area (Å²) in [6, 6.07) is 1.12. The number of likely N-dealkylation sites (tertiary alicyclic amines) is 1. The summed E-state index contributed by atoms with van der Waals surface area (Å²) in [7, 11) is 1.78. The molecule has 144 valence electrons. The van der Waals surface area contributed by atoms with Gasteiger partial charge in [0.2, 0.25) is 0 Å². The third-order valence-corrected chi connectivity index (χ3v) is 7.35. The lowest BCUT2D eigenvalue weighted by Gasteiger charge is -2.50. The number of nitrogens with one attached hydrogen (secondary N) is 3. The fourth-order valence-electron chi connectivity index (χ4n) is 5.53. The normalized spacial score (nSPS) is 46.1. The number of alkyl halides is 1. The third-order valence-electron chi connectivity index (χ3n) is 6.90. The first-order valence-electron chi connectivity index (χ1n) is 10.4. The summed E-state index contributed by atoms with van der Waals surface area (Å²) in [5.41, 5.74) is 0. The van der Waals surface area contributed by atoms with Gasteiger partial charge in [0, 0.05) is 25.1 Å². The molecular formula is C19H35ClN4O. The van der Waals surface area contributed by atoms with E-state index in [2.05, 4.69) is 20.9 Å². The van der Waals surface area contributed by atoms with Crippen molar-refractivity contribution in [3.05, 3.63) is 0 Å². The maximum absolute atomic E-state index is 6.52. The zero-order valence-electron chi connectivity index (χ0n) is 15.6. The summed E-state index contributed by atoms with van der Waals surface area (Å²) >= 11 is 6.52. The number of rotatable bonds is 4. The fraction of sp³-hybridized carbons (Fsp3) is 1.00. The van der Waals surface area contributed by atoms with Crippen LogP contribution in [0.15, 0.2) is 0 Å². The highest BCUT2D eigenvalue weighted by atomic mass is 35.5. The van der Waals surface area contributed by atoms with Crippen LogP contribution < -0.4 is 16.0 Å². The molecule has 4 rings (SSSR count). The molecule has 0 aromatic rings. The van der Waals surface area contributed by atoms with E-state index in [0.29, 0.717) is 18.2 Å². The third kappa shape index (κ3) is 4.17.